The van der Waals surface area contributed by atoms with Crippen molar-refractivity contribution < 1.29 is 8.42 Å². The summed E-state index contributed by atoms with van der Waals surface area (Å²) in [5.74, 6) is 1.10. The zero-order chi connectivity index (χ0) is 15.3. The van der Waals surface area contributed by atoms with Crippen molar-refractivity contribution in [3.63, 3.8) is 0 Å². The lowest BCUT2D eigenvalue weighted by Crippen LogP contribution is -2.43. The van der Waals surface area contributed by atoms with Gasteiger partial charge in [-0.1, -0.05) is 12.1 Å². The zero-order valence-corrected chi connectivity index (χ0v) is 16.7. The Morgan fingerprint density at radius 1 is 1.36 bits per heavy atom. The fraction of sp³-hybridized carbons (Fsp3) is 0.500. The molecule has 0 spiro atoms. The van der Waals surface area contributed by atoms with E-state index in [1.54, 1.807) is 18.8 Å². The van der Waals surface area contributed by atoms with Crippen LogP contribution < -0.4 is 10.6 Å². The predicted octanol–water partition coefficient (Wildman–Crippen LogP) is 1.88. The molecular formula is C14H22IN3O2S2. The third kappa shape index (κ3) is 5.96. The number of nitrogens with one attached hydrogen (secondary N) is 2. The number of sulfone groups is 1. The number of hydrogen-bond donors (Lipinski definition) is 2. The maximum Gasteiger partial charge on any atom is 0.191 e. The highest BCUT2D eigenvalue weighted by atomic mass is 127. The normalized spacial score (nSPS) is 20.3. The first-order valence-electron chi connectivity index (χ1n) is 6.83. The molecule has 1 unspecified atom stereocenters. The summed E-state index contributed by atoms with van der Waals surface area (Å²) >= 11 is 1.71. The minimum absolute atomic E-state index is 0. The first-order chi connectivity index (χ1) is 10.0. The van der Waals surface area contributed by atoms with Gasteiger partial charge in [-0.2, -0.15) is 0 Å². The maximum absolute atomic E-state index is 11.4. The molecule has 1 aliphatic rings. The smallest absolute Gasteiger partial charge is 0.191 e. The van der Waals surface area contributed by atoms with Gasteiger partial charge in [0.15, 0.2) is 15.8 Å². The van der Waals surface area contributed by atoms with Crippen molar-refractivity contribution in [2.24, 2.45) is 4.99 Å². The molecule has 22 heavy (non-hydrogen) atoms. The summed E-state index contributed by atoms with van der Waals surface area (Å²) < 4.78 is 22.9. The van der Waals surface area contributed by atoms with Gasteiger partial charge in [0.2, 0.25) is 0 Å². The Morgan fingerprint density at radius 2 is 2.05 bits per heavy atom. The van der Waals surface area contributed by atoms with Crippen molar-refractivity contribution in [1.82, 2.24) is 10.6 Å². The summed E-state index contributed by atoms with van der Waals surface area (Å²) in [5.41, 5.74) is 1.16. The molecule has 5 nitrogen and oxygen atoms in total. The van der Waals surface area contributed by atoms with E-state index in [0.717, 1.165) is 5.56 Å². The fourth-order valence-corrected chi connectivity index (χ4v) is 4.31. The van der Waals surface area contributed by atoms with Crippen LogP contribution in [0.5, 0.6) is 0 Å². The van der Waals surface area contributed by atoms with Crippen LogP contribution in [0, 0.1) is 0 Å². The number of thioether (sulfide) groups is 1. The van der Waals surface area contributed by atoms with Crippen LogP contribution >= 0.6 is 35.7 Å². The molecule has 2 N–H and O–H groups in total. The summed E-state index contributed by atoms with van der Waals surface area (Å²) in [7, 11) is -1.18. The highest BCUT2D eigenvalue weighted by Gasteiger charge is 2.28. The molecule has 1 aromatic carbocycles. The summed E-state index contributed by atoms with van der Waals surface area (Å²) in [6.07, 6.45) is 2.69. The quantitative estimate of drug-likeness (QED) is 0.314. The second-order valence-electron chi connectivity index (χ2n) is 5.02. The molecule has 1 fully saturated rings. The second kappa shape index (κ2) is 8.97. The number of aliphatic imine (C=N–C) groups is 1. The zero-order valence-electron chi connectivity index (χ0n) is 12.7. The van der Waals surface area contributed by atoms with Gasteiger partial charge in [-0.05, 0) is 30.4 Å². The molecule has 1 saturated heterocycles. The Kier molecular flexibility index (Phi) is 7.98. The van der Waals surface area contributed by atoms with E-state index in [9.17, 15) is 8.42 Å². The van der Waals surface area contributed by atoms with Crippen molar-refractivity contribution >= 4 is 51.5 Å². The van der Waals surface area contributed by atoms with Crippen LogP contribution in [0.4, 0.5) is 0 Å². The Morgan fingerprint density at radius 3 is 2.55 bits per heavy atom. The van der Waals surface area contributed by atoms with E-state index in [4.69, 9.17) is 0 Å². The SMILES string of the molecule is CN=C(NCc1ccc(SC)cc1)NC1CCS(=O)(=O)C1.I. The van der Waals surface area contributed by atoms with Gasteiger partial charge in [-0.15, -0.1) is 35.7 Å². The Balaban J connectivity index is 0.00000242. The number of rotatable bonds is 4. The van der Waals surface area contributed by atoms with Gasteiger partial charge >= 0.3 is 0 Å². The van der Waals surface area contributed by atoms with Gasteiger partial charge in [-0.3, -0.25) is 4.99 Å². The van der Waals surface area contributed by atoms with Crippen LogP contribution in [0.15, 0.2) is 34.2 Å². The predicted molar refractivity (Wildman–Crippen MR) is 104 cm³/mol. The van der Waals surface area contributed by atoms with Crippen LogP contribution in [-0.2, 0) is 16.4 Å². The molecule has 0 aliphatic carbocycles. The Hall–Kier alpha value is -0.480. The third-order valence-electron chi connectivity index (χ3n) is 3.42. The molecule has 2 rings (SSSR count). The Labute approximate surface area is 153 Å². The topological polar surface area (TPSA) is 70.6 Å². The third-order valence-corrected chi connectivity index (χ3v) is 5.93. The number of guanidine groups is 1. The van der Waals surface area contributed by atoms with E-state index in [0.29, 0.717) is 18.9 Å². The van der Waals surface area contributed by atoms with E-state index < -0.39 is 9.84 Å². The van der Waals surface area contributed by atoms with Crippen molar-refractivity contribution in [3.05, 3.63) is 29.8 Å². The molecule has 1 heterocycles. The highest BCUT2D eigenvalue weighted by molar-refractivity contribution is 14.0. The van der Waals surface area contributed by atoms with E-state index in [2.05, 4.69) is 46.1 Å². The van der Waals surface area contributed by atoms with Gasteiger partial charge in [0.05, 0.1) is 11.5 Å². The standard InChI is InChI=1S/C14H21N3O2S2.HI/c1-15-14(17-12-7-8-21(18,19)10-12)16-9-11-3-5-13(20-2)6-4-11;/h3-6,12H,7-10H2,1-2H3,(H2,15,16,17);1H. The van der Waals surface area contributed by atoms with Gasteiger partial charge in [0.1, 0.15) is 0 Å². The first-order valence-corrected chi connectivity index (χ1v) is 9.87. The van der Waals surface area contributed by atoms with Gasteiger partial charge in [-0.25, -0.2) is 8.42 Å². The average Bonchev–Trinajstić information content (AvgIpc) is 2.83. The van der Waals surface area contributed by atoms with Crippen molar-refractivity contribution in [1.29, 1.82) is 0 Å². The van der Waals surface area contributed by atoms with E-state index in [1.807, 2.05) is 0 Å². The molecule has 124 valence electrons. The molecule has 8 heteroatoms. The lowest BCUT2D eigenvalue weighted by Gasteiger charge is -2.16. The summed E-state index contributed by atoms with van der Waals surface area (Å²) in [6.45, 7) is 0.661. The molecule has 1 atom stereocenters. The van der Waals surface area contributed by atoms with E-state index in [-0.39, 0.29) is 41.5 Å². The summed E-state index contributed by atoms with van der Waals surface area (Å²) in [6, 6.07) is 8.28. The lowest BCUT2D eigenvalue weighted by atomic mass is 10.2. The van der Waals surface area contributed by atoms with E-state index >= 15 is 0 Å². The van der Waals surface area contributed by atoms with E-state index in [1.165, 1.54) is 4.90 Å². The molecule has 0 amide bonds. The average molecular weight is 455 g/mol. The summed E-state index contributed by atoms with van der Waals surface area (Å²) in [5, 5.41) is 6.38. The van der Waals surface area contributed by atoms with Crippen molar-refractivity contribution in [3.8, 4) is 0 Å². The molecule has 0 saturated carbocycles. The number of hydrogen-bond acceptors (Lipinski definition) is 4. The lowest BCUT2D eigenvalue weighted by molar-refractivity contribution is 0.599. The first kappa shape index (κ1) is 19.6. The molecule has 0 radical (unpaired) electrons. The Bertz CT molecular complexity index is 603. The van der Waals surface area contributed by atoms with Crippen LogP contribution in [0.1, 0.15) is 12.0 Å². The molecule has 0 aromatic heterocycles. The highest BCUT2D eigenvalue weighted by Crippen LogP contribution is 2.14. The van der Waals surface area contributed by atoms with Crippen LogP contribution in [0.3, 0.4) is 0 Å². The van der Waals surface area contributed by atoms with Gasteiger partial charge in [0, 0.05) is 24.5 Å². The summed E-state index contributed by atoms with van der Waals surface area (Å²) in [4.78, 5) is 5.38. The molecular weight excluding hydrogens is 433 g/mol. The maximum atomic E-state index is 11.4. The molecule has 1 aromatic rings. The number of halogens is 1. The number of benzene rings is 1. The minimum Gasteiger partial charge on any atom is -0.353 e. The van der Waals surface area contributed by atoms with Crippen molar-refractivity contribution in [2.45, 2.75) is 23.9 Å². The second-order valence-corrected chi connectivity index (χ2v) is 8.13. The molecule has 1 aliphatic heterocycles. The van der Waals surface area contributed by atoms with Gasteiger partial charge in [0.25, 0.3) is 0 Å². The monoisotopic (exact) mass is 455 g/mol. The van der Waals surface area contributed by atoms with Crippen LogP contribution in [-0.4, -0.2) is 45.2 Å². The fourth-order valence-electron chi connectivity index (χ4n) is 2.23. The molecule has 0 bridgehead atoms. The van der Waals surface area contributed by atoms with Gasteiger partial charge < -0.3 is 10.6 Å². The van der Waals surface area contributed by atoms with Crippen molar-refractivity contribution in [2.75, 3.05) is 24.8 Å². The number of nitrogens with zero attached hydrogens (tertiary/aromatic N) is 1. The van der Waals surface area contributed by atoms with Crippen LogP contribution in [0.2, 0.25) is 0 Å². The van der Waals surface area contributed by atoms with Crippen LogP contribution in [0.25, 0.3) is 0 Å². The largest absolute Gasteiger partial charge is 0.353 e. The minimum atomic E-state index is -2.87.